The molecule has 7 heteroatoms. The van der Waals surface area contributed by atoms with E-state index >= 15 is 0 Å². The van der Waals surface area contributed by atoms with Crippen LogP contribution in [0.5, 0.6) is 5.75 Å². The van der Waals surface area contributed by atoms with Gasteiger partial charge in [0.2, 0.25) is 8.32 Å². The molecule has 0 aromatic heterocycles. The van der Waals surface area contributed by atoms with Gasteiger partial charge >= 0.3 is 0 Å². The smallest absolute Gasteiger partial charge is 0.241 e. The first-order chi connectivity index (χ1) is 18.9. The standard InChI is InChI=1S/C33H49NO5Si/c1-31-21-26(23-7-9-24(10-8-23)36-18-17-34(2)3)30-25(27(31)11-12-29(31)39-40(4,5)6)13-15-32(35)22-33(16-14-28(30)32)37-19-20-38-33/h7-10,12,25-27,35H,11,13-22H2,1-6H3/t25?,26?,27?,31?,32-/m0/s1. The lowest BCUT2D eigenvalue weighted by atomic mass is 9.51. The molecule has 5 aliphatic rings. The lowest BCUT2D eigenvalue weighted by molar-refractivity contribution is -0.208. The average molecular weight is 568 g/mol. The van der Waals surface area contributed by atoms with Crippen LogP contribution in [0.2, 0.25) is 19.6 Å². The maximum absolute atomic E-state index is 12.2. The van der Waals surface area contributed by atoms with Crippen molar-refractivity contribution in [2.45, 2.75) is 88.8 Å². The Morgan fingerprint density at radius 3 is 2.48 bits per heavy atom. The molecule has 4 unspecified atom stereocenters. The second-order valence-electron chi connectivity index (χ2n) is 14.4. The van der Waals surface area contributed by atoms with E-state index in [9.17, 15) is 5.11 Å². The van der Waals surface area contributed by atoms with E-state index in [0.717, 1.165) is 50.8 Å². The second kappa shape index (κ2) is 10.3. The van der Waals surface area contributed by atoms with E-state index in [0.29, 0.717) is 38.1 Å². The molecule has 6 nitrogen and oxygen atoms in total. The zero-order chi connectivity index (χ0) is 28.3. The Morgan fingerprint density at radius 1 is 1.07 bits per heavy atom. The van der Waals surface area contributed by atoms with Crippen molar-refractivity contribution >= 4 is 8.32 Å². The van der Waals surface area contributed by atoms with Crippen molar-refractivity contribution in [3.05, 3.63) is 52.8 Å². The number of nitrogens with zero attached hydrogens (tertiary/aromatic N) is 1. The van der Waals surface area contributed by atoms with Crippen molar-refractivity contribution in [2.24, 2.45) is 17.3 Å². The molecule has 1 aromatic rings. The molecule has 1 spiro atoms. The number of likely N-dealkylation sites (N-methyl/N-ethyl adjacent to an activating group) is 1. The minimum absolute atomic E-state index is 0.00355. The van der Waals surface area contributed by atoms with Gasteiger partial charge in [0.25, 0.3) is 0 Å². The quantitative estimate of drug-likeness (QED) is 0.311. The Hall–Kier alpha value is -1.64. The fraction of sp³-hybridized carbons (Fsp3) is 0.697. The monoisotopic (exact) mass is 567 g/mol. The van der Waals surface area contributed by atoms with Gasteiger partial charge in [-0.15, -0.1) is 0 Å². The van der Waals surface area contributed by atoms with Gasteiger partial charge in [-0.2, -0.15) is 0 Å². The number of hydrogen-bond acceptors (Lipinski definition) is 6. The number of fused-ring (bicyclic) bond motifs is 4. The van der Waals surface area contributed by atoms with Crippen LogP contribution in [0, 0.1) is 17.3 Å². The topological polar surface area (TPSA) is 60.4 Å². The van der Waals surface area contributed by atoms with Gasteiger partial charge in [-0.3, -0.25) is 0 Å². The van der Waals surface area contributed by atoms with Gasteiger partial charge in [0.05, 0.1) is 24.6 Å². The Bertz CT molecular complexity index is 1160. The normalized spacial score (nSPS) is 34.9. The van der Waals surface area contributed by atoms with Gasteiger partial charge in [0.15, 0.2) is 5.79 Å². The number of ether oxygens (including phenoxy) is 3. The fourth-order valence-electron chi connectivity index (χ4n) is 8.48. The molecule has 4 aliphatic carbocycles. The van der Waals surface area contributed by atoms with Crippen LogP contribution in [-0.2, 0) is 13.9 Å². The summed E-state index contributed by atoms with van der Waals surface area (Å²) in [5.74, 6) is 2.75. The molecule has 2 saturated carbocycles. The van der Waals surface area contributed by atoms with E-state index in [1.54, 1.807) is 0 Å². The summed E-state index contributed by atoms with van der Waals surface area (Å²) in [5, 5.41) is 12.2. The lowest BCUT2D eigenvalue weighted by Crippen LogP contribution is -2.53. The molecule has 220 valence electrons. The Balaban J connectivity index is 1.37. The highest BCUT2D eigenvalue weighted by Crippen LogP contribution is 2.66. The third-order valence-corrected chi connectivity index (χ3v) is 11.1. The van der Waals surface area contributed by atoms with E-state index in [2.05, 4.69) is 75.9 Å². The van der Waals surface area contributed by atoms with Crippen LogP contribution < -0.4 is 4.74 Å². The van der Waals surface area contributed by atoms with Crippen LogP contribution in [0.25, 0.3) is 0 Å². The molecule has 5 atom stereocenters. The predicted octanol–water partition coefficient (Wildman–Crippen LogP) is 6.24. The highest BCUT2D eigenvalue weighted by Gasteiger charge is 2.59. The van der Waals surface area contributed by atoms with Crippen molar-refractivity contribution in [1.29, 1.82) is 0 Å². The van der Waals surface area contributed by atoms with E-state index in [1.165, 1.54) is 22.5 Å². The SMILES string of the molecule is CN(C)CCOc1ccc(C2CC3(C)C(O[Si](C)(C)C)=CCC3C3CC[C@]4(O)CC5(CCC4=C23)OCCO5)cc1. The largest absolute Gasteiger partial charge is 0.547 e. The minimum atomic E-state index is -1.75. The summed E-state index contributed by atoms with van der Waals surface area (Å²) >= 11 is 0. The van der Waals surface area contributed by atoms with Gasteiger partial charge < -0.3 is 28.6 Å². The molecule has 0 radical (unpaired) electrons. The summed E-state index contributed by atoms with van der Waals surface area (Å²) in [6.07, 6.45) is 8.51. The van der Waals surface area contributed by atoms with Crippen LogP contribution in [0.3, 0.4) is 0 Å². The number of benzene rings is 1. The van der Waals surface area contributed by atoms with Crippen LogP contribution in [0.1, 0.15) is 63.4 Å². The maximum Gasteiger partial charge on any atom is 0.241 e. The first-order valence-corrected chi connectivity index (χ1v) is 18.8. The molecule has 0 bridgehead atoms. The molecule has 1 saturated heterocycles. The van der Waals surface area contributed by atoms with Crippen LogP contribution in [0.4, 0.5) is 0 Å². The summed E-state index contributed by atoms with van der Waals surface area (Å²) in [4.78, 5) is 2.14. The Labute approximate surface area is 241 Å². The van der Waals surface area contributed by atoms with Crippen molar-refractivity contribution < 1.29 is 23.7 Å². The first-order valence-electron chi connectivity index (χ1n) is 15.4. The third-order valence-electron chi connectivity index (χ3n) is 10.2. The van der Waals surface area contributed by atoms with E-state index < -0.39 is 19.7 Å². The molecule has 1 heterocycles. The lowest BCUT2D eigenvalue weighted by Gasteiger charge is -2.56. The highest BCUT2D eigenvalue weighted by atomic mass is 28.4. The zero-order valence-electron chi connectivity index (χ0n) is 25.4. The van der Waals surface area contributed by atoms with Gasteiger partial charge in [0, 0.05) is 30.7 Å². The summed E-state index contributed by atoms with van der Waals surface area (Å²) in [5.41, 5.74) is 3.27. The number of hydrogen-bond donors (Lipinski definition) is 1. The van der Waals surface area contributed by atoms with Crippen molar-refractivity contribution in [1.82, 2.24) is 4.90 Å². The van der Waals surface area contributed by atoms with E-state index in [-0.39, 0.29) is 11.3 Å². The first kappa shape index (κ1) is 28.5. The molecule has 1 aliphatic heterocycles. The average Bonchev–Trinajstić information content (AvgIpc) is 3.46. The molecule has 1 aromatic carbocycles. The second-order valence-corrected chi connectivity index (χ2v) is 18.8. The van der Waals surface area contributed by atoms with Crippen LogP contribution in [0.15, 0.2) is 47.2 Å². The third kappa shape index (κ3) is 5.10. The summed E-state index contributed by atoms with van der Waals surface area (Å²) in [6.45, 7) is 12.2. The number of allylic oxidation sites excluding steroid dienone is 3. The molecule has 0 amide bonds. The van der Waals surface area contributed by atoms with E-state index in [1.807, 2.05) is 0 Å². The Kier molecular flexibility index (Phi) is 7.31. The molecular weight excluding hydrogens is 518 g/mol. The van der Waals surface area contributed by atoms with Gasteiger partial charge in [-0.25, -0.2) is 0 Å². The predicted molar refractivity (Wildman–Crippen MR) is 160 cm³/mol. The minimum Gasteiger partial charge on any atom is -0.547 e. The summed E-state index contributed by atoms with van der Waals surface area (Å²) in [7, 11) is 2.38. The maximum atomic E-state index is 12.2. The van der Waals surface area contributed by atoms with E-state index in [4.69, 9.17) is 18.6 Å². The number of rotatable bonds is 7. The molecule has 3 fully saturated rings. The fourth-order valence-corrected chi connectivity index (χ4v) is 9.45. The van der Waals surface area contributed by atoms with Gasteiger partial charge in [-0.1, -0.05) is 24.6 Å². The molecule has 6 rings (SSSR count). The van der Waals surface area contributed by atoms with Crippen molar-refractivity contribution in [2.75, 3.05) is 40.5 Å². The van der Waals surface area contributed by atoms with Crippen molar-refractivity contribution in [3.63, 3.8) is 0 Å². The van der Waals surface area contributed by atoms with Crippen molar-refractivity contribution in [3.8, 4) is 5.75 Å². The Morgan fingerprint density at radius 2 is 1.80 bits per heavy atom. The van der Waals surface area contributed by atoms with Gasteiger partial charge in [0.1, 0.15) is 12.4 Å². The van der Waals surface area contributed by atoms with Crippen LogP contribution >= 0.6 is 0 Å². The molecule has 1 N–H and O–H groups in total. The summed E-state index contributed by atoms with van der Waals surface area (Å²) in [6, 6.07) is 8.80. The van der Waals surface area contributed by atoms with Gasteiger partial charge in [-0.05, 0) is 107 Å². The zero-order valence-corrected chi connectivity index (χ0v) is 26.4. The van der Waals surface area contributed by atoms with Crippen LogP contribution in [-0.4, -0.2) is 70.2 Å². The molecule has 40 heavy (non-hydrogen) atoms. The number of aliphatic hydroxyl groups is 1. The highest BCUT2D eigenvalue weighted by molar-refractivity contribution is 6.70. The summed E-state index contributed by atoms with van der Waals surface area (Å²) < 4.78 is 25.0. The molecular formula is C33H49NO5Si.